The lowest BCUT2D eigenvalue weighted by atomic mass is 9.87. The largest absolute Gasteiger partial charge is 0.497 e. The van der Waals surface area contributed by atoms with E-state index >= 15 is 0 Å². The second-order valence-corrected chi connectivity index (χ2v) is 10.8. The molecule has 0 saturated carbocycles. The minimum absolute atomic E-state index is 0.240. The van der Waals surface area contributed by atoms with Crippen molar-refractivity contribution in [3.8, 4) is 5.75 Å². The zero-order chi connectivity index (χ0) is 27.0. The number of anilines is 1. The summed E-state index contributed by atoms with van der Waals surface area (Å²) in [5.74, 6) is -0.0492. The normalized spacial score (nSPS) is 20.3. The van der Waals surface area contributed by atoms with E-state index in [1.807, 2.05) is 18.3 Å². The van der Waals surface area contributed by atoms with E-state index in [0.717, 1.165) is 101 Å². The maximum Gasteiger partial charge on any atom is 0.306 e. The lowest BCUT2D eigenvalue weighted by molar-refractivity contribution is -0.144. The van der Waals surface area contributed by atoms with Crippen LogP contribution in [-0.4, -0.2) is 73.5 Å². The summed E-state index contributed by atoms with van der Waals surface area (Å²) >= 11 is 0. The van der Waals surface area contributed by atoms with E-state index in [4.69, 9.17) is 14.5 Å². The Hall–Kier alpha value is -3.16. The molecule has 3 aromatic rings. The van der Waals surface area contributed by atoms with Crippen LogP contribution in [0.3, 0.4) is 0 Å². The van der Waals surface area contributed by atoms with Crippen LogP contribution in [0.2, 0.25) is 0 Å². The van der Waals surface area contributed by atoms with Crippen molar-refractivity contribution in [3.63, 3.8) is 0 Å². The number of hydrogen-bond donors (Lipinski definition) is 1. The number of carboxylic acids is 1. The molecule has 0 spiro atoms. The molecule has 39 heavy (non-hydrogen) atoms. The number of fused-ring (bicyclic) bond motifs is 1. The number of likely N-dealkylation sites (tertiary alicyclic amines) is 1. The van der Waals surface area contributed by atoms with Crippen LogP contribution in [0.5, 0.6) is 5.75 Å². The van der Waals surface area contributed by atoms with E-state index in [2.05, 4.69) is 46.2 Å². The molecule has 2 aliphatic heterocycles. The first kappa shape index (κ1) is 27.4. The summed E-state index contributed by atoms with van der Waals surface area (Å²) in [6.45, 7) is 5.06. The Labute approximate surface area is 231 Å². The second kappa shape index (κ2) is 13.3. The summed E-state index contributed by atoms with van der Waals surface area (Å²) in [5, 5.41) is 10.9. The van der Waals surface area contributed by atoms with Crippen LogP contribution in [-0.2, 0) is 22.4 Å². The van der Waals surface area contributed by atoms with Crippen molar-refractivity contribution in [3.05, 3.63) is 65.9 Å². The zero-order valence-corrected chi connectivity index (χ0v) is 23.1. The predicted octanol–water partition coefficient (Wildman–Crippen LogP) is 5.20. The van der Waals surface area contributed by atoms with Gasteiger partial charge in [-0.25, -0.2) is 0 Å². The predicted molar refractivity (Wildman–Crippen MR) is 155 cm³/mol. The van der Waals surface area contributed by atoms with E-state index in [1.54, 1.807) is 7.11 Å². The molecule has 1 N–H and O–H groups in total. The fraction of sp³-hybridized carbons (Fsp3) is 0.500. The van der Waals surface area contributed by atoms with E-state index in [1.165, 1.54) is 16.8 Å². The maximum atomic E-state index is 11.9. The molecule has 1 aromatic heterocycles. The van der Waals surface area contributed by atoms with Crippen LogP contribution in [0.4, 0.5) is 5.69 Å². The van der Waals surface area contributed by atoms with Gasteiger partial charge in [-0.2, -0.15) is 0 Å². The third-order valence-electron chi connectivity index (χ3n) is 8.42. The number of methoxy groups -OCH3 is 1. The summed E-state index contributed by atoms with van der Waals surface area (Å²) in [6, 6.07) is 17.0. The van der Waals surface area contributed by atoms with Crippen LogP contribution >= 0.6 is 0 Å². The molecule has 5 rings (SSSR count). The second-order valence-electron chi connectivity index (χ2n) is 10.8. The Bertz CT molecular complexity index is 1230. The van der Waals surface area contributed by atoms with E-state index in [-0.39, 0.29) is 5.92 Å². The number of aryl methyl sites for hydroxylation is 2. The average molecular weight is 532 g/mol. The summed E-state index contributed by atoms with van der Waals surface area (Å²) < 4.78 is 11.2. The highest BCUT2D eigenvalue weighted by Crippen LogP contribution is 2.33. The first-order valence-corrected chi connectivity index (χ1v) is 14.4. The molecule has 2 saturated heterocycles. The summed E-state index contributed by atoms with van der Waals surface area (Å²) in [7, 11) is 1.70. The number of carbonyl (C=O) groups is 1. The topological polar surface area (TPSA) is 75.1 Å². The van der Waals surface area contributed by atoms with Crippen LogP contribution in [0.15, 0.2) is 54.7 Å². The van der Waals surface area contributed by atoms with Gasteiger partial charge in [0.1, 0.15) is 5.75 Å². The number of morpholine rings is 1. The van der Waals surface area contributed by atoms with Crippen molar-refractivity contribution < 1.29 is 19.4 Å². The fourth-order valence-corrected chi connectivity index (χ4v) is 6.25. The lowest BCUT2D eigenvalue weighted by Crippen LogP contribution is -2.44. The maximum absolute atomic E-state index is 11.9. The third-order valence-corrected chi connectivity index (χ3v) is 8.42. The number of pyridine rings is 1. The molecule has 208 valence electrons. The van der Waals surface area contributed by atoms with Crippen molar-refractivity contribution in [2.75, 3.05) is 51.4 Å². The number of benzene rings is 2. The van der Waals surface area contributed by atoms with E-state index in [9.17, 15) is 9.90 Å². The Balaban J connectivity index is 1.30. The molecular weight excluding hydrogens is 490 g/mol. The molecule has 0 aliphatic carbocycles. The van der Waals surface area contributed by atoms with Crippen molar-refractivity contribution in [1.29, 1.82) is 0 Å². The van der Waals surface area contributed by atoms with Crippen LogP contribution < -0.4 is 9.64 Å². The van der Waals surface area contributed by atoms with Crippen LogP contribution in [0.1, 0.15) is 43.2 Å². The fourth-order valence-electron chi connectivity index (χ4n) is 6.25. The van der Waals surface area contributed by atoms with Crippen LogP contribution in [0, 0.1) is 5.92 Å². The van der Waals surface area contributed by atoms with Gasteiger partial charge in [-0.1, -0.05) is 30.3 Å². The van der Waals surface area contributed by atoms with Gasteiger partial charge < -0.3 is 24.4 Å². The number of nitrogens with zero attached hydrogens (tertiary/aromatic N) is 3. The van der Waals surface area contributed by atoms with Gasteiger partial charge in [0.2, 0.25) is 0 Å². The molecule has 2 unspecified atom stereocenters. The highest BCUT2D eigenvalue weighted by atomic mass is 16.5. The number of ether oxygens (including phenoxy) is 2. The first-order valence-electron chi connectivity index (χ1n) is 14.4. The Morgan fingerprint density at radius 3 is 2.67 bits per heavy atom. The Morgan fingerprint density at radius 2 is 1.90 bits per heavy atom. The standard InChI is InChI=1S/C32H41N3O4/c1-38-27-12-13-30-29(22-27)28(31(23-33-30)35-17-19-39-20-18-35)11-5-10-26-21-25(32(36)37)14-16-34(26)15-6-9-24-7-3-2-4-8-24/h2-4,7-8,12-13,22-23,25-26H,5-6,9-11,14-21H2,1H3,(H,36,37). The smallest absolute Gasteiger partial charge is 0.306 e. The monoisotopic (exact) mass is 531 g/mol. The van der Waals surface area contributed by atoms with Gasteiger partial charge in [0.05, 0.1) is 43.6 Å². The highest BCUT2D eigenvalue weighted by molar-refractivity contribution is 5.88. The Kier molecular flexibility index (Phi) is 9.32. The lowest BCUT2D eigenvalue weighted by Gasteiger charge is -2.38. The van der Waals surface area contributed by atoms with Crippen molar-refractivity contribution in [2.24, 2.45) is 5.92 Å². The van der Waals surface area contributed by atoms with Crippen molar-refractivity contribution in [1.82, 2.24) is 9.88 Å². The number of rotatable bonds is 11. The van der Waals surface area contributed by atoms with Gasteiger partial charge in [0.15, 0.2) is 0 Å². The quantitative estimate of drug-likeness (QED) is 0.364. The van der Waals surface area contributed by atoms with E-state index < -0.39 is 5.97 Å². The molecule has 0 radical (unpaired) electrons. The molecule has 7 heteroatoms. The van der Waals surface area contributed by atoms with E-state index in [0.29, 0.717) is 6.04 Å². The van der Waals surface area contributed by atoms with Gasteiger partial charge in [-0.3, -0.25) is 9.78 Å². The summed E-state index contributed by atoms with van der Waals surface area (Å²) in [4.78, 5) is 21.6. The number of aliphatic carboxylic acids is 1. The number of aromatic nitrogens is 1. The van der Waals surface area contributed by atoms with Gasteiger partial charge in [-0.05, 0) is 87.4 Å². The van der Waals surface area contributed by atoms with Crippen molar-refractivity contribution in [2.45, 2.75) is 51.0 Å². The summed E-state index contributed by atoms with van der Waals surface area (Å²) in [6.07, 6.45) is 8.56. The van der Waals surface area contributed by atoms with Gasteiger partial charge in [0, 0.05) is 24.5 Å². The van der Waals surface area contributed by atoms with Crippen molar-refractivity contribution >= 4 is 22.6 Å². The Morgan fingerprint density at radius 1 is 1.08 bits per heavy atom. The minimum atomic E-state index is -0.647. The third kappa shape index (κ3) is 6.89. The SMILES string of the molecule is COc1ccc2ncc(N3CCOCC3)c(CCCC3CC(C(=O)O)CCN3CCCc3ccccc3)c2c1. The van der Waals surface area contributed by atoms with Gasteiger partial charge in [-0.15, -0.1) is 0 Å². The molecule has 0 bridgehead atoms. The number of hydrogen-bond acceptors (Lipinski definition) is 6. The van der Waals surface area contributed by atoms with Gasteiger partial charge >= 0.3 is 5.97 Å². The minimum Gasteiger partial charge on any atom is -0.497 e. The molecule has 2 fully saturated rings. The number of piperidine rings is 1. The molecule has 2 aliphatic rings. The highest BCUT2D eigenvalue weighted by Gasteiger charge is 2.31. The molecule has 2 aromatic carbocycles. The molecule has 7 nitrogen and oxygen atoms in total. The molecule has 2 atom stereocenters. The zero-order valence-electron chi connectivity index (χ0n) is 23.1. The first-order chi connectivity index (χ1) is 19.1. The summed E-state index contributed by atoms with van der Waals surface area (Å²) in [5.41, 5.74) is 4.84. The molecular formula is C32H41N3O4. The number of carboxylic acid groups (broad SMARTS) is 1. The average Bonchev–Trinajstić information content (AvgIpc) is 2.98. The van der Waals surface area contributed by atoms with Gasteiger partial charge in [0.25, 0.3) is 0 Å². The molecule has 3 heterocycles. The van der Waals surface area contributed by atoms with Crippen LogP contribution in [0.25, 0.3) is 10.9 Å². The molecule has 0 amide bonds.